The number of rotatable bonds is 10. The highest BCUT2D eigenvalue weighted by atomic mass is 19.1. The summed E-state index contributed by atoms with van der Waals surface area (Å²) in [6, 6.07) is 1.54. The standard InChI is InChI=1S/C18H29FO2/c1-3-5-7-9-11-14-13-16(20)18(21)17(19)15(14)12-10-8-6-4-2/h13,20-21H,3-12H2,1-2H3. The number of phenolic OH excluding ortho intramolecular Hbond substituents is 2. The van der Waals surface area contributed by atoms with Crippen LogP contribution in [-0.4, -0.2) is 10.2 Å². The van der Waals surface area contributed by atoms with Gasteiger partial charge in [-0.1, -0.05) is 52.4 Å². The maximum Gasteiger partial charge on any atom is 0.194 e. The highest BCUT2D eigenvalue weighted by Gasteiger charge is 2.16. The fourth-order valence-corrected chi connectivity index (χ4v) is 2.68. The minimum Gasteiger partial charge on any atom is -0.504 e. The Morgan fingerprint density at radius 1 is 0.857 bits per heavy atom. The Balaban J connectivity index is 2.77. The van der Waals surface area contributed by atoms with E-state index in [4.69, 9.17) is 0 Å². The number of halogens is 1. The van der Waals surface area contributed by atoms with Gasteiger partial charge in [0.15, 0.2) is 17.3 Å². The molecule has 120 valence electrons. The van der Waals surface area contributed by atoms with E-state index >= 15 is 0 Å². The lowest BCUT2D eigenvalue weighted by molar-refractivity contribution is 0.375. The number of unbranched alkanes of at least 4 members (excludes halogenated alkanes) is 6. The van der Waals surface area contributed by atoms with E-state index in [-0.39, 0.29) is 5.75 Å². The average Bonchev–Trinajstić information content (AvgIpc) is 2.48. The van der Waals surface area contributed by atoms with Crippen LogP contribution in [0.15, 0.2) is 6.07 Å². The SMILES string of the molecule is CCCCCCc1cc(O)c(O)c(F)c1CCCCCC. The number of aryl methyl sites for hydroxylation is 1. The maximum atomic E-state index is 14.2. The first-order chi connectivity index (χ1) is 10.1. The average molecular weight is 296 g/mol. The molecule has 0 radical (unpaired) electrons. The number of benzene rings is 1. The first-order valence-electron chi connectivity index (χ1n) is 8.33. The van der Waals surface area contributed by atoms with Crippen LogP contribution in [0.5, 0.6) is 11.5 Å². The summed E-state index contributed by atoms with van der Waals surface area (Å²) in [4.78, 5) is 0. The molecule has 0 aliphatic rings. The molecule has 0 saturated carbocycles. The lowest BCUT2D eigenvalue weighted by atomic mass is 9.95. The molecule has 0 aliphatic carbocycles. The maximum absolute atomic E-state index is 14.2. The van der Waals surface area contributed by atoms with Crippen LogP contribution >= 0.6 is 0 Å². The second kappa shape index (κ2) is 9.64. The van der Waals surface area contributed by atoms with Gasteiger partial charge in [0, 0.05) is 0 Å². The predicted octanol–water partition coefficient (Wildman–Crippen LogP) is 5.48. The van der Waals surface area contributed by atoms with E-state index in [9.17, 15) is 14.6 Å². The molecule has 3 heteroatoms. The van der Waals surface area contributed by atoms with Gasteiger partial charge in [0.05, 0.1) is 0 Å². The molecule has 0 aromatic heterocycles. The van der Waals surface area contributed by atoms with Crippen molar-refractivity contribution in [2.24, 2.45) is 0 Å². The minimum absolute atomic E-state index is 0.338. The van der Waals surface area contributed by atoms with E-state index in [0.717, 1.165) is 50.5 Å². The summed E-state index contributed by atoms with van der Waals surface area (Å²) < 4.78 is 14.2. The number of hydrogen-bond donors (Lipinski definition) is 2. The van der Waals surface area contributed by atoms with Crippen molar-refractivity contribution in [1.82, 2.24) is 0 Å². The Bertz CT molecular complexity index is 430. The Morgan fingerprint density at radius 3 is 2.00 bits per heavy atom. The summed E-state index contributed by atoms with van der Waals surface area (Å²) in [6.45, 7) is 4.30. The summed E-state index contributed by atoms with van der Waals surface area (Å²) in [5.41, 5.74) is 1.45. The molecular weight excluding hydrogens is 267 g/mol. The molecule has 0 atom stereocenters. The van der Waals surface area contributed by atoms with Crippen LogP contribution in [0, 0.1) is 5.82 Å². The lowest BCUT2D eigenvalue weighted by Gasteiger charge is -2.13. The summed E-state index contributed by atoms with van der Waals surface area (Å²) in [7, 11) is 0. The highest BCUT2D eigenvalue weighted by molar-refractivity contribution is 5.47. The van der Waals surface area contributed by atoms with Gasteiger partial charge < -0.3 is 10.2 Å². The monoisotopic (exact) mass is 296 g/mol. The van der Waals surface area contributed by atoms with Gasteiger partial charge in [-0.15, -0.1) is 0 Å². The predicted molar refractivity (Wildman–Crippen MR) is 85.4 cm³/mol. The number of aromatic hydroxyl groups is 2. The zero-order valence-corrected chi connectivity index (χ0v) is 13.4. The van der Waals surface area contributed by atoms with E-state index in [1.165, 1.54) is 12.8 Å². The molecule has 2 N–H and O–H groups in total. The van der Waals surface area contributed by atoms with Crippen LogP contribution in [-0.2, 0) is 12.8 Å². The molecule has 0 unspecified atom stereocenters. The van der Waals surface area contributed by atoms with Crippen molar-refractivity contribution >= 4 is 0 Å². The molecular formula is C18H29FO2. The quantitative estimate of drug-likeness (QED) is 0.443. The van der Waals surface area contributed by atoms with Gasteiger partial charge in [-0.3, -0.25) is 0 Å². The fourth-order valence-electron chi connectivity index (χ4n) is 2.68. The van der Waals surface area contributed by atoms with Crippen LogP contribution < -0.4 is 0 Å². The lowest BCUT2D eigenvalue weighted by Crippen LogP contribution is -2.00. The first kappa shape index (κ1) is 17.8. The van der Waals surface area contributed by atoms with E-state index in [2.05, 4.69) is 13.8 Å². The fraction of sp³-hybridized carbons (Fsp3) is 0.667. The van der Waals surface area contributed by atoms with Crippen molar-refractivity contribution in [3.05, 3.63) is 23.0 Å². The molecule has 0 bridgehead atoms. The van der Waals surface area contributed by atoms with Gasteiger partial charge in [0.1, 0.15) is 0 Å². The van der Waals surface area contributed by atoms with E-state index in [1.807, 2.05) is 0 Å². The Hall–Kier alpha value is -1.25. The largest absolute Gasteiger partial charge is 0.504 e. The molecule has 0 fully saturated rings. The third kappa shape index (κ3) is 5.56. The molecule has 1 aromatic carbocycles. The molecule has 0 spiro atoms. The van der Waals surface area contributed by atoms with E-state index < -0.39 is 11.6 Å². The molecule has 2 nitrogen and oxygen atoms in total. The van der Waals surface area contributed by atoms with Crippen molar-refractivity contribution in [3.8, 4) is 11.5 Å². The Kier molecular flexibility index (Phi) is 8.17. The summed E-state index contributed by atoms with van der Waals surface area (Å²) >= 11 is 0. The van der Waals surface area contributed by atoms with Crippen LogP contribution in [0.2, 0.25) is 0 Å². The zero-order valence-electron chi connectivity index (χ0n) is 13.4. The third-order valence-electron chi connectivity index (χ3n) is 3.99. The number of phenols is 2. The molecule has 1 rings (SSSR count). The van der Waals surface area contributed by atoms with Gasteiger partial charge in [-0.05, 0) is 42.9 Å². The summed E-state index contributed by atoms with van der Waals surface area (Å²) in [6.07, 6.45) is 10.2. The van der Waals surface area contributed by atoms with Crippen molar-refractivity contribution in [2.45, 2.75) is 78.1 Å². The molecule has 21 heavy (non-hydrogen) atoms. The molecule has 0 aliphatic heterocycles. The number of hydrogen-bond acceptors (Lipinski definition) is 2. The Labute approximate surface area is 128 Å². The van der Waals surface area contributed by atoms with Gasteiger partial charge in [0.2, 0.25) is 0 Å². The van der Waals surface area contributed by atoms with Crippen LogP contribution in [0.3, 0.4) is 0 Å². The first-order valence-corrected chi connectivity index (χ1v) is 8.33. The third-order valence-corrected chi connectivity index (χ3v) is 3.99. The second-order valence-electron chi connectivity index (χ2n) is 5.82. The minimum atomic E-state index is -0.628. The van der Waals surface area contributed by atoms with Crippen molar-refractivity contribution in [1.29, 1.82) is 0 Å². The van der Waals surface area contributed by atoms with Crippen LogP contribution in [0.1, 0.15) is 76.3 Å². The van der Waals surface area contributed by atoms with Crippen LogP contribution in [0.4, 0.5) is 4.39 Å². The summed E-state index contributed by atoms with van der Waals surface area (Å²) in [5, 5.41) is 19.2. The van der Waals surface area contributed by atoms with Crippen molar-refractivity contribution in [3.63, 3.8) is 0 Å². The molecule has 0 heterocycles. The van der Waals surface area contributed by atoms with E-state index in [0.29, 0.717) is 12.0 Å². The normalized spacial score (nSPS) is 11.0. The Morgan fingerprint density at radius 2 is 1.43 bits per heavy atom. The summed E-state index contributed by atoms with van der Waals surface area (Å²) in [5.74, 6) is -1.56. The molecule has 1 aromatic rings. The van der Waals surface area contributed by atoms with Crippen LogP contribution in [0.25, 0.3) is 0 Å². The van der Waals surface area contributed by atoms with Gasteiger partial charge >= 0.3 is 0 Å². The highest BCUT2D eigenvalue weighted by Crippen LogP contribution is 2.34. The van der Waals surface area contributed by atoms with Crippen molar-refractivity contribution < 1.29 is 14.6 Å². The van der Waals surface area contributed by atoms with Gasteiger partial charge in [0.25, 0.3) is 0 Å². The zero-order chi connectivity index (χ0) is 15.7. The topological polar surface area (TPSA) is 40.5 Å². The van der Waals surface area contributed by atoms with Gasteiger partial charge in [-0.2, -0.15) is 0 Å². The second-order valence-corrected chi connectivity index (χ2v) is 5.82. The molecule has 0 amide bonds. The van der Waals surface area contributed by atoms with Gasteiger partial charge in [-0.25, -0.2) is 4.39 Å². The smallest absolute Gasteiger partial charge is 0.194 e. The molecule has 0 saturated heterocycles. The van der Waals surface area contributed by atoms with Crippen molar-refractivity contribution in [2.75, 3.05) is 0 Å². The van der Waals surface area contributed by atoms with E-state index in [1.54, 1.807) is 6.07 Å².